The number of hydrogen-bond donors (Lipinski definition) is 4. The molecule has 0 fully saturated rings. The zero-order valence-electron chi connectivity index (χ0n) is 20.3. The van der Waals surface area contributed by atoms with Gasteiger partial charge in [-0.2, -0.15) is 0 Å². The number of sulfonamides is 1. The van der Waals surface area contributed by atoms with E-state index < -0.39 is 10.0 Å². The molecular formula is C28H27ClN4O3S2. The van der Waals surface area contributed by atoms with Gasteiger partial charge in [-0.15, -0.1) is 12.4 Å². The fourth-order valence-electron chi connectivity index (χ4n) is 3.56. The third-order valence-electron chi connectivity index (χ3n) is 5.39. The van der Waals surface area contributed by atoms with Gasteiger partial charge in [0, 0.05) is 27.6 Å². The monoisotopic (exact) mass is 566 g/mol. The number of nitrogens with one attached hydrogen (secondary N) is 3. The highest BCUT2D eigenvalue weighted by Gasteiger charge is 2.17. The van der Waals surface area contributed by atoms with Crippen molar-refractivity contribution in [3.05, 3.63) is 125 Å². The average Bonchev–Trinajstić information content (AvgIpc) is 2.89. The summed E-state index contributed by atoms with van der Waals surface area (Å²) in [4.78, 5) is 14.9. The molecule has 4 rings (SSSR count). The molecule has 4 aromatic rings. The maximum atomic E-state index is 13.3. The number of anilines is 1. The zero-order chi connectivity index (χ0) is 26.3. The number of carbonyl (C=O) groups excluding carboxylic acids is 1. The zero-order valence-corrected chi connectivity index (χ0v) is 22.7. The summed E-state index contributed by atoms with van der Waals surface area (Å²) in [5.41, 5.74) is 8.28. The fourth-order valence-corrected chi connectivity index (χ4v) is 5.70. The molecule has 0 saturated carbocycles. The van der Waals surface area contributed by atoms with Gasteiger partial charge in [0.25, 0.3) is 5.91 Å². The van der Waals surface area contributed by atoms with Gasteiger partial charge < -0.3 is 11.1 Å². The van der Waals surface area contributed by atoms with E-state index in [9.17, 15) is 13.2 Å². The largest absolute Gasteiger partial charge is 0.384 e. The number of nitrogens with two attached hydrogens (primary N) is 1. The van der Waals surface area contributed by atoms with Crippen LogP contribution in [0.2, 0.25) is 0 Å². The maximum Gasteiger partial charge on any atom is 0.252 e. The third-order valence-corrected chi connectivity index (χ3v) is 7.73. The van der Waals surface area contributed by atoms with E-state index >= 15 is 0 Å². The molecule has 0 unspecified atom stereocenters. The third kappa shape index (κ3) is 8.11. The van der Waals surface area contributed by atoms with Crippen molar-refractivity contribution < 1.29 is 13.2 Å². The average molecular weight is 567 g/mol. The Kier molecular flexibility index (Phi) is 9.95. The summed E-state index contributed by atoms with van der Waals surface area (Å²) >= 11 is 1.42. The minimum Gasteiger partial charge on any atom is -0.384 e. The molecule has 0 aliphatic carbocycles. The SMILES string of the molecule is Cl.N=C(N)c1ccc(CNC(=O)c2cc(NS(=O)(=O)Cc3ccccc3)ccc2Sc2ccccc2)cc1. The van der Waals surface area contributed by atoms with Gasteiger partial charge in [0.1, 0.15) is 5.84 Å². The van der Waals surface area contributed by atoms with Gasteiger partial charge in [-0.05, 0) is 41.5 Å². The summed E-state index contributed by atoms with van der Waals surface area (Å²) in [6.07, 6.45) is 0. The fraction of sp³-hybridized carbons (Fsp3) is 0.0714. The van der Waals surface area contributed by atoms with Crippen molar-refractivity contribution in [1.82, 2.24) is 5.32 Å². The maximum absolute atomic E-state index is 13.3. The van der Waals surface area contributed by atoms with Crippen LogP contribution in [0.25, 0.3) is 0 Å². The molecule has 0 aliphatic heterocycles. The highest BCUT2D eigenvalue weighted by molar-refractivity contribution is 7.99. The number of nitrogen functional groups attached to an aromatic ring is 1. The van der Waals surface area contributed by atoms with E-state index in [2.05, 4.69) is 10.0 Å². The van der Waals surface area contributed by atoms with Gasteiger partial charge >= 0.3 is 0 Å². The molecule has 0 bridgehead atoms. The first-order valence-corrected chi connectivity index (χ1v) is 13.9. The van der Waals surface area contributed by atoms with Crippen molar-refractivity contribution in [2.45, 2.75) is 22.1 Å². The van der Waals surface area contributed by atoms with Gasteiger partial charge in [0.05, 0.1) is 11.3 Å². The highest BCUT2D eigenvalue weighted by atomic mass is 35.5. The molecule has 0 spiro atoms. The van der Waals surface area contributed by atoms with Gasteiger partial charge in [-0.1, -0.05) is 84.6 Å². The lowest BCUT2D eigenvalue weighted by Gasteiger charge is -2.14. The first-order chi connectivity index (χ1) is 17.8. The van der Waals surface area contributed by atoms with Crippen LogP contribution < -0.4 is 15.8 Å². The van der Waals surface area contributed by atoms with E-state index in [1.165, 1.54) is 11.8 Å². The molecule has 38 heavy (non-hydrogen) atoms. The highest BCUT2D eigenvalue weighted by Crippen LogP contribution is 2.32. The lowest BCUT2D eigenvalue weighted by Crippen LogP contribution is -2.24. The second-order valence-corrected chi connectivity index (χ2v) is 11.1. The van der Waals surface area contributed by atoms with Crippen molar-refractivity contribution >= 4 is 51.6 Å². The van der Waals surface area contributed by atoms with Gasteiger partial charge in [-0.25, -0.2) is 8.42 Å². The predicted octanol–water partition coefficient (Wildman–Crippen LogP) is 5.42. The smallest absolute Gasteiger partial charge is 0.252 e. The van der Waals surface area contributed by atoms with Crippen molar-refractivity contribution in [1.29, 1.82) is 5.41 Å². The van der Waals surface area contributed by atoms with E-state index in [0.29, 0.717) is 27.3 Å². The van der Waals surface area contributed by atoms with Gasteiger partial charge in [0.2, 0.25) is 10.0 Å². The summed E-state index contributed by atoms with van der Waals surface area (Å²) in [6.45, 7) is 0.260. The van der Waals surface area contributed by atoms with Crippen LogP contribution in [0.15, 0.2) is 113 Å². The van der Waals surface area contributed by atoms with Crippen LogP contribution in [0.1, 0.15) is 27.0 Å². The lowest BCUT2D eigenvalue weighted by atomic mass is 10.1. The Hall–Kier alpha value is -3.79. The van der Waals surface area contributed by atoms with Gasteiger partial charge in [-0.3, -0.25) is 14.9 Å². The molecule has 0 heterocycles. The standard InChI is InChI=1S/C28H26N4O3S2.ClH/c29-27(30)22-13-11-20(12-14-22)18-31-28(33)25-17-23(15-16-26(25)36-24-9-5-2-6-10-24)32-37(34,35)19-21-7-3-1-4-8-21;/h1-17,32H,18-19H2,(H3,29,30)(H,31,33);1H. The Labute approximate surface area is 232 Å². The summed E-state index contributed by atoms with van der Waals surface area (Å²) in [5, 5.41) is 10.4. The van der Waals surface area contributed by atoms with Crippen LogP contribution in [-0.4, -0.2) is 20.2 Å². The van der Waals surface area contributed by atoms with Crippen LogP contribution >= 0.6 is 24.2 Å². The Morgan fingerprint density at radius 2 is 1.47 bits per heavy atom. The number of benzene rings is 4. The van der Waals surface area contributed by atoms with Crippen LogP contribution in [0.5, 0.6) is 0 Å². The van der Waals surface area contributed by atoms with E-state index in [1.807, 2.05) is 36.4 Å². The number of amidine groups is 1. The van der Waals surface area contributed by atoms with Gasteiger partial charge in [0.15, 0.2) is 0 Å². The molecule has 0 aliphatic rings. The summed E-state index contributed by atoms with van der Waals surface area (Å²) in [5.74, 6) is -0.533. The molecule has 0 aromatic heterocycles. The topological polar surface area (TPSA) is 125 Å². The molecule has 0 radical (unpaired) electrons. The molecule has 10 heteroatoms. The predicted molar refractivity (Wildman–Crippen MR) is 156 cm³/mol. The van der Waals surface area contributed by atoms with Crippen LogP contribution in [0.4, 0.5) is 5.69 Å². The number of halogens is 1. The van der Waals surface area contributed by atoms with E-state index in [0.717, 1.165) is 10.5 Å². The van der Waals surface area contributed by atoms with Crippen molar-refractivity contribution in [2.75, 3.05) is 4.72 Å². The molecule has 4 aromatic carbocycles. The molecule has 0 atom stereocenters. The van der Waals surface area contributed by atoms with Crippen molar-refractivity contribution in [3.8, 4) is 0 Å². The number of hydrogen-bond acceptors (Lipinski definition) is 5. The van der Waals surface area contributed by atoms with Crippen LogP contribution in [0.3, 0.4) is 0 Å². The number of rotatable bonds is 10. The summed E-state index contributed by atoms with van der Waals surface area (Å²) in [7, 11) is -3.68. The van der Waals surface area contributed by atoms with Crippen LogP contribution in [-0.2, 0) is 22.3 Å². The van der Waals surface area contributed by atoms with Crippen molar-refractivity contribution in [3.63, 3.8) is 0 Å². The molecular weight excluding hydrogens is 540 g/mol. The first kappa shape index (κ1) is 28.8. The molecule has 196 valence electrons. The molecule has 7 nitrogen and oxygen atoms in total. The Morgan fingerprint density at radius 1 is 0.842 bits per heavy atom. The molecule has 0 saturated heterocycles. The Morgan fingerprint density at radius 3 is 2.11 bits per heavy atom. The summed E-state index contributed by atoms with van der Waals surface area (Å²) in [6, 6.07) is 30.5. The minimum atomic E-state index is -3.68. The normalized spacial score (nSPS) is 10.7. The van der Waals surface area contributed by atoms with Crippen LogP contribution in [0, 0.1) is 5.41 Å². The number of amides is 1. The lowest BCUT2D eigenvalue weighted by molar-refractivity contribution is 0.0948. The quantitative estimate of drug-likeness (QED) is 0.151. The summed E-state index contributed by atoms with van der Waals surface area (Å²) < 4.78 is 28.1. The Balaban J connectivity index is 0.00000400. The number of carbonyl (C=O) groups is 1. The second kappa shape index (κ2) is 13.1. The minimum absolute atomic E-state index is 0. The van der Waals surface area contributed by atoms with E-state index in [4.69, 9.17) is 11.1 Å². The Bertz CT molecular complexity index is 1500. The van der Waals surface area contributed by atoms with Crippen molar-refractivity contribution in [2.24, 2.45) is 5.73 Å². The van der Waals surface area contributed by atoms with E-state index in [1.54, 1.807) is 66.7 Å². The molecule has 5 N–H and O–H groups in total. The molecule has 1 amide bonds. The first-order valence-electron chi connectivity index (χ1n) is 11.4. The second-order valence-electron chi connectivity index (χ2n) is 8.27. The van der Waals surface area contributed by atoms with E-state index in [-0.39, 0.29) is 36.4 Å².